The molecule has 66 valence electrons. The SMILES string of the molecule is C=CC(=O)N1C[C@H](N)C2(CC2)C1. The van der Waals surface area contributed by atoms with E-state index in [0.717, 1.165) is 6.54 Å². The summed E-state index contributed by atoms with van der Waals surface area (Å²) in [5, 5.41) is 0. The zero-order chi connectivity index (χ0) is 8.77. The maximum absolute atomic E-state index is 11.2. The van der Waals surface area contributed by atoms with Crippen LogP contribution >= 0.6 is 0 Å². The van der Waals surface area contributed by atoms with Crippen molar-refractivity contribution in [1.29, 1.82) is 0 Å². The summed E-state index contributed by atoms with van der Waals surface area (Å²) < 4.78 is 0. The van der Waals surface area contributed by atoms with Crippen molar-refractivity contribution in [3.8, 4) is 0 Å². The van der Waals surface area contributed by atoms with E-state index in [4.69, 9.17) is 5.73 Å². The van der Waals surface area contributed by atoms with Gasteiger partial charge >= 0.3 is 0 Å². The van der Waals surface area contributed by atoms with Crippen LogP contribution in [0.15, 0.2) is 12.7 Å². The molecule has 1 saturated heterocycles. The highest BCUT2D eigenvalue weighted by Gasteiger charge is 2.54. The van der Waals surface area contributed by atoms with Gasteiger partial charge in [-0.05, 0) is 18.9 Å². The van der Waals surface area contributed by atoms with E-state index in [2.05, 4.69) is 6.58 Å². The van der Waals surface area contributed by atoms with Gasteiger partial charge in [0.25, 0.3) is 0 Å². The molecule has 0 aromatic carbocycles. The van der Waals surface area contributed by atoms with Crippen LogP contribution in [-0.4, -0.2) is 29.9 Å². The van der Waals surface area contributed by atoms with Gasteiger partial charge < -0.3 is 10.6 Å². The highest BCUT2D eigenvalue weighted by molar-refractivity contribution is 5.87. The molecule has 0 radical (unpaired) electrons. The van der Waals surface area contributed by atoms with Gasteiger partial charge in [-0.25, -0.2) is 0 Å². The molecule has 1 saturated carbocycles. The smallest absolute Gasteiger partial charge is 0.246 e. The maximum atomic E-state index is 11.2. The molecule has 0 unspecified atom stereocenters. The molecule has 1 aliphatic carbocycles. The van der Waals surface area contributed by atoms with Gasteiger partial charge in [0.15, 0.2) is 0 Å². The number of nitrogens with two attached hydrogens (primary N) is 1. The number of carbonyl (C=O) groups excluding carboxylic acids is 1. The Balaban J connectivity index is 2.06. The second-order valence-corrected chi connectivity index (χ2v) is 3.89. The second-order valence-electron chi connectivity index (χ2n) is 3.89. The van der Waals surface area contributed by atoms with Crippen molar-refractivity contribution in [3.05, 3.63) is 12.7 Å². The Labute approximate surface area is 72.2 Å². The van der Waals surface area contributed by atoms with Gasteiger partial charge in [-0.3, -0.25) is 4.79 Å². The van der Waals surface area contributed by atoms with Crippen molar-refractivity contribution in [3.63, 3.8) is 0 Å². The van der Waals surface area contributed by atoms with Gasteiger partial charge in [0, 0.05) is 24.5 Å². The topological polar surface area (TPSA) is 46.3 Å². The van der Waals surface area contributed by atoms with E-state index in [-0.39, 0.29) is 11.9 Å². The van der Waals surface area contributed by atoms with Crippen molar-refractivity contribution in [2.45, 2.75) is 18.9 Å². The highest BCUT2D eigenvalue weighted by atomic mass is 16.2. The predicted molar refractivity (Wildman–Crippen MR) is 46.4 cm³/mol. The molecule has 1 aliphatic heterocycles. The zero-order valence-electron chi connectivity index (χ0n) is 7.12. The van der Waals surface area contributed by atoms with Gasteiger partial charge in [-0.2, -0.15) is 0 Å². The number of nitrogens with zero attached hydrogens (tertiary/aromatic N) is 1. The quantitative estimate of drug-likeness (QED) is 0.562. The second kappa shape index (κ2) is 2.33. The van der Waals surface area contributed by atoms with Crippen LogP contribution in [0.5, 0.6) is 0 Å². The molecule has 3 nitrogen and oxygen atoms in total. The fourth-order valence-corrected chi connectivity index (χ4v) is 1.98. The predicted octanol–water partition coefficient (Wildman–Crippen LogP) is 0.122. The Kier molecular flexibility index (Phi) is 1.51. The molecule has 2 fully saturated rings. The lowest BCUT2D eigenvalue weighted by atomic mass is 10.0. The first kappa shape index (κ1) is 7.80. The first-order valence-corrected chi connectivity index (χ1v) is 4.35. The monoisotopic (exact) mass is 166 g/mol. The largest absolute Gasteiger partial charge is 0.337 e. The first-order chi connectivity index (χ1) is 5.68. The van der Waals surface area contributed by atoms with Gasteiger partial charge in [-0.1, -0.05) is 6.58 Å². The lowest BCUT2D eigenvalue weighted by molar-refractivity contribution is -0.125. The molecule has 12 heavy (non-hydrogen) atoms. The summed E-state index contributed by atoms with van der Waals surface area (Å²) in [6, 6.07) is 0.196. The zero-order valence-corrected chi connectivity index (χ0v) is 7.12. The Morgan fingerprint density at radius 2 is 2.33 bits per heavy atom. The summed E-state index contributed by atoms with van der Waals surface area (Å²) in [7, 11) is 0. The lowest BCUT2D eigenvalue weighted by Crippen LogP contribution is -2.31. The van der Waals surface area contributed by atoms with Crippen molar-refractivity contribution in [1.82, 2.24) is 4.90 Å². The van der Waals surface area contributed by atoms with Crippen LogP contribution in [0, 0.1) is 5.41 Å². The van der Waals surface area contributed by atoms with E-state index >= 15 is 0 Å². The summed E-state index contributed by atoms with van der Waals surface area (Å²) in [5.41, 5.74) is 6.22. The summed E-state index contributed by atoms with van der Waals surface area (Å²) in [6.45, 7) is 5.03. The number of carbonyl (C=O) groups is 1. The first-order valence-electron chi connectivity index (χ1n) is 4.35. The standard InChI is InChI=1S/C9H14N2O/c1-2-8(12)11-5-7(10)9(6-11)3-4-9/h2,7H,1,3-6,10H2/t7-/m0/s1. The third-order valence-electron chi connectivity index (χ3n) is 3.09. The molecule has 0 bridgehead atoms. The van der Waals surface area contributed by atoms with Gasteiger partial charge in [0.1, 0.15) is 0 Å². The van der Waals surface area contributed by atoms with E-state index in [1.165, 1.54) is 18.9 Å². The molecule has 1 heterocycles. The average Bonchev–Trinajstić information content (AvgIpc) is 2.75. The normalized spacial score (nSPS) is 30.8. The summed E-state index contributed by atoms with van der Waals surface area (Å²) in [5.74, 6) is 0.0224. The highest BCUT2D eigenvalue weighted by Crippen LogP contribution is 2.51. The van der Waals surface area contributed by atoms with E-state index < -0.39 is 0 Å². The average molecular weight is 166 g/mol. The number of hydrogen-bond donors (Lipinski definition) is 1. The van der Waals surface area contributed by atoms with Crippen LogP contribution in [0.1, 0.15) is 12.8 Å². The van der Waals surface area contributed by atoms with Crippen molar-refractivity contribution < 1.29 is 4.79 Å². The van der Waals surface area contributed by atoms with E-state index in [9.17, 15) is 4.79 Å². The molecule has 0 aromatic rings. The fourth-order valence-electron chi connectivity index (χ4n) is 1.98. The molecule has 0 aromatic heterocycles. The molecule has 3 heteroatoms. The third-order valence-corrected chi connectivity index (χ3v) is 3.09. The Morgan fingerprint density at radius 1 is 1.67 bits per heavy atom. The third kappa shape index (κ3) is 0.966. The minimum atomic E-state index is 0.0224. The molecule has 1 spiro atoms. The van der Waals surface area contributed by atoms with Gasteiger partial charge in [0.05, 0.1) is 0 Å². The lowest BCUT2D eigenvalue weighted by Gasteiger charge is -2.12. The van der Waals surface area contributed by atoms with Crippen molar-refractivity contribution >= 4 is 5.91 Å². The molecule has 2 N–H and O–H groups in total. The minimum absolute atomic E-state index is 0.0224. The van der Waals surface area contributed by atoms with Gasteiger partial charge in [-0.15, -0.1) is 0 Å². The molecule has 2 aliphatic rings. The van der Waals surface area contributed by atoms with Gasteiger partial charge in [0.2, 0.25) is 5.91 Å². The van der Waals surface area contributed by atoms with Crippen molar-refractivity contribution in [2.75, 3.05) is 13.1 Å². The molecule has 1 amide bonds. The molecular weight excluding hydrogens is 152 g/mol. The van der Waals surface area contributed by atoms with Crippen LogP contribution in [0.4, 0.5) is 0 Å². The van der Waals surface area contributed by atoms with Crippen molar-refractivity contribution in [2.24, 2.45) is 11.1 Å². The van der Waals surface area contributed by atoms with Crippen LogP contribution in [0.2, 0.25) is 0 Å². The van der Waals surface area contributed by atoms with E-state index in [1.807, 2.05) is 4.90 Å². The molecular formula is C9H14N2O. The summed E-state index contributed by atoms with van der Waals surface area (Å²) >= 11 is 0. The number of rotatable bonds is 1. The molecule has 1 atom stereocenters. The van der Waals surface area contributed by atoms with Crippen LogP contribution in [0.25, 0.3) is 0 Å². The molecule has 2 rings (SSSR count). The Morgan fingerprint density at radius 3 is 2.75 bits per heavy atom. The minimum Gasteiger partial charge on any atom is -0.337 e. The van der Waals surface area contributed by atoms with Crippen LogP contribution in [0.3, 0.4) is 0 Å². The van der Waals surface area contributed by atoms with Crippen LogP contribution in [-0.2, 0) is 4.79 Å². The Hall–Kier alpha value is -0.830. The Bertz CT molecular complexity index is 233. The fraction of sp³-hybridized carbons (Fsp3) is 0.667. The summed E-state index contributed by atoms with van der Waals surface area (Å²) in [4.78, 5) is 13.0. The number of amides is 1. The maximum Gasteiger partial charge on any atom is 0.246 e. The summed E-state index contributed by atoms with van der Waals surface area (Å²) in [6.07, 6.45) is 3.75. The number of hydrogen-bond acceptors (Lipinski definition) is 2. The van der Waals surface area contributed by atoms with E-state index in [0.29, 0.717) is 12.0 Å². The van der Waals surface area contributed by atoms with E-state index in [1.54, 1.807) is 0 Å². The number of likely N-dealkylation sites (tertiary alicyclic amines) is 1. The van der Waals surface area contributed by atoms with Crippen LogP contribution < -0.4 is 5.73 Å².